The molecule has 1 heterocycles. The Labute approximate surface area is 65.9 Å². The molecule has 0 aromatic carbocycles. The molecule has 1 radical (unpaired) electrons. The van der Waals surface area contributed by atoms with Crippen molar-refractivity contribution < 1.29 is 13.2 Å². The van der Waals surface area contributed by atoms with E-state index in [0.717, 1.165) is 0 Å². The molecule has 4 nitrogen and oxygen atoms in total. The van der Waals surface area contributed by atoms with Crippen molar-refractivity contribution in [2.45, 2.75) is 18.9 Å². The third-order valence-corrected chi connectivity index (χ3v) is 2.45. The summed E-state index contributed by atoms with van der Waals surface area (Å²) in [7, 11) is -3.20. The van der Waals surface area contributed by atoms with E-state index in [1.165, 1.54) is 0 Å². The summed E-state index contributed by atoms with van der Waals surface area (Å²) in [6.07, 6.45) is 4.02. The van der Waals surface area contributed by atoms with E-state index in [9.17, 15) is 13.2 Å². The molecule has 1 saturated heterocycles. The average Bonchev–Trinajstić information content (AvgIpc) is 2.10. The van der Waals surface area contributed by atoms with Gasteiger partial charge in [0.1, 0.15) is 0 Å². The van der Waals surface area contributed by atoms with Gasteiger partial charge in [0.25, 0.3) is 0 Å². The fourth-order valence-electron chi connectivity index (χ4n) is 1.11. The predicted molar refractivity (Wildman–Crippen MR) is 40.3 cm³/mol. The Balaban J connectivity index is 2.47. The van der Waals surface area contributed by atoms with Crippen molar-refractivity contribution in [1.29, 1.82) is 0 Å². The summed E-state index contributed by atoms with van der Waals surface area (Å²) in [6.45, 7) is 0. The zero-order chi connectivity index (χ0) is 8.48. The van der Waals surface area contributed by atoms with Crippen LogP contribution < -0.4 is 5.32 Å². The number of carbonyl (C=O) groups is 1. The van der Waals surface area contributed by atoms with Crippen LogP contribution in [-0.2, 0) is 14.6 Å². The molecular weight excluding hydrogens is 166 g/mol. The second-order valence-corrected chi connectivity index (χ2v) is 4.53. The maximum atomic E-state index is 10.6. The Bertz CT molecular complexity index is 257. The van der Waals surface area contributed by atoms with Crippen LogP contribution in [0.1, 0.15) is 12.8 Å². The predicted octanol–water partition coefficient (Wildman–Crippen LogP) is -0.529. The summed E-state index contributed by atoms with van der Waals surface area (Å²) < 4.78 is 21.3. The average molecular weight is 176 g/mol. The van der Waals surface area contributed by atoms with E-state index in [0.29, 0.717) is 12.8 Å². The van der Waals surface area contributed by atoms with Crippen LogP contribution in [0.15, 0.2) is 0 Å². The molecule has 1 atom stereocenters. The van der Waals surface area contributed by atoms with Crippen LogP contribution in [0.5, 0.6) is 0 Å². The molecule has 0 bridgehead atoms. The number of rotatable bonds is 2. The van der Waals surface area contributed by atoms with Gasteiger partial charge in [-0.05, 0) is 6.42 Å². The quantitative estimate of drug-likeness (QED) is 0.615. The number of hydrogen-bond acceptors (Lipinski definition) is 3. The lowest BCUT2D eigenvalue weighted by Crippen LogP contribution is -2.31. The lowest BCUT2D eigenvalue weighted by Gasteiger charge is -2.06. The van der Waals surface area contributed by atoms with Crippen molar-refractivity contribution in [2.24, 2.45) is 0 Å². The van der Waals surface area contributed by atoms with Crippen LogP contribution in [0.2, 0.25) is 0 Å². The first kappa shape index (κ1) is 8.52. The Morgan fingerprint density at radius 1 is 1.64 bits per heavy atom. The van der Waals surface area contributed by atoms with Crippen molar-refractivity contribution in [3.63, 3.8) is 0 Å². The summed E-state index contributed by atoms with van der Waals surface area (Å²) in [5.74, 6) is -0.114. The van der Waals surface area contributed by atoms with Gasteiger partial charge in [0.05, 0.1) is 12.0 Å². The number of hydrogen-bond donors (Lipinski definition) is 1. The first-order chi connectivity index (χ1) is 4.97. The Hall–Kier alpha value is -0.580. The van der Waals surface area contributed by atoms with Crippen LogP contribution in [-0.4, -0.2) is 26.1 Å². The highest BCUT2D eigenvalue weighted by Gasteiger charge is 2.23. The van der Waals surface area contributed by atoms with Crippen molar-refractivity contribution in [2.75, 3.05) is 5.75 Å². The first-order valence-electron chi connectivity index (χ1n) is 3.32. The van der Waals surface area contributed by atoms with Gasteiger partial charge < -0.3 is 5.32 Å². The third-order valence-electron chi connectivity index (χ3n) is 1.54. The van der Waals surface area contributed by atoms with Gasteiger partial charge in [-0.15, -0.1) is 0 Å². The fourth-order valence-corrected chi connectivity index (χ4v) is 1.97. The van der Waals surface area contributed by atoms with E-state index < -0.39 is 9.84 Å². The topological polar surface area (TPSA) is 63.2 Å². The SMILES string of the molecule is [CH2]S(=O)(=O)CC1CCC(=O)N1. The maximum absolute atomic E-state index is 10.6. The molecule has 1 fully saturated rings. The fraction of sp³-hybridized carbons (Fsp3) is 0.667. The lowest BCUT2D eigenvalue weighted by atomic mass is 10.2. The van der Waals surface area contributed by atoms with Crippen LogP contribution in [0.25, 0.3) is 0 Å². The molecule has 1 unspecified atom stereocenters. The zero-order valence-electron chi connectivity index (χ0n) is 6.04. The van der Waals surface area contributed by atoms with Gasteiger partial charge in [-0.3, -0.25) is 4.79 Å². The second-order valence-electron chi connectivity index (χ2n) is 2.71. The lowest BCUT2D eigenvalue weighted by molar-refractivity contribution is -0.119. The standard InChI is InChI=1S/C6H10NO3S/c1-11(9,10)4-5-2-3-6(8)7-5/h5H,1-4H2,(H,7,8). The molecule has 0 spiro atoms. The number of carbonyl (C=O) groups excluding carboxylic acids is 1. The van der Waals surface area contributed by atoms with Crippen LogP contribution >= 0.6 is 0 Å². The summed E-state index contributed by atoms with van der Waals surface area (Å²) in [5.41, 5.74) is 0. The summed E-state index contributed by atoms with van der Waals surface area (Å²) in [4.78, 5) is 10.6. The minimum absolute atomic E-state index is 0.0429. The third kappa shape index (κ3) is 2.88. The summed E-state index contributed by atoms with van der Waals surface area (Å²) >= 11 is 0. The first-order valence-corrected chi connectivity index (χ1v) is 5.14. The van der Waals surface area contributed by atoms with Gasteiger partial charge in [0.15, 0.2) is 9.84 Å². The van der Waals surface area contributed by atoms with E-state index in [1.54, 1.807) is 0 Å². The summed E-state index contributed by atoms with van der Waals surface area (Å²) in [6, 6.07) is -0.218. The molecule has 0 aromatic rings. The van der Waals surface area contributed by atoms with E-state index in [1.807, 2.05) is 0 Å². The molecule has 1 rings (SSSR count). The van der Waals surface area contributed by atoms with Crippen molar-refractivity contribution in [3.8, 4) is 0 Å². The van der Waals surface area contributed by atoms with Crippen molar-refractivity contribution in [3.05, 3.63) is 6.26 Å². The monoisotopic (exact) mass is 176 g/mol. The van der Waals surface area contributed by atoms with E-state index in [4.69, 9.17) is 0 Å². The molecule has 5 heteroatoms. The highest BCUT2D eigenvalue weighted by molar-refractivity contribution is 7.92. The van der Waals surface area contributed by atoms with Gasteiger partial charge in [0, 0.05) is 12.5 Å². The number of nitrogens with one attached hydrogen (secondary N) is 1. The molecule has 1 aliphatic heterocycles. The zero-order valence-corrected chi connectivity index (χ0v) is 6.86. The normalized spacial score (nSPS) is 25.2. The van der Waals surface area contributed by atoms with Crippen LogP contribution in [0, 0.1) is 6.26 Å². The molecule has 11 heavy (non-hydrogen) atoms. The highest BCUT2D eigenvalue weighted by Crippen LogP contribution is 2.08. The molecule has 0 aromatic heterocycles. The Morgan fingerprint density at radius 3 is 2.64 bits per heavy atom. The van der Waals surface area contributed by atoms with Gasteiger partial charge in [-0.25, -0.2) is 8.42 Å². The van der Waals surface area contributed by atoms with Gasteiger partial charge in [0.2, 0.25) is 5.91 Å². The van der Waals surface area contributed by atoms with E-state index in [-0.39, 0.29) is 17.7 Å². The molecule has 1 N–H and O–H groups in total. The van der Waals surface area contributed by atoms with Gasteiger partial charge in [-0.1, -0.05) is 0 Å². The molecule has 1 amide bonds. The second kappa shape index (κ2) is 2.81. The molecule has 63 valence electrons. The Morgan fingerprint density at radius 2 is 2.27 bits per heavy atom. The van der Waals surface area contributed by atoms with Crippen LogP contribution in [0.4, 0.5) is 0 Å². The minimum Gasteiger partial charge on any atom is -0.352 e. The molecule has 1 aliphatic rings. The largest absolute Gasteiger partial charge is 0.352 e. The maximum Gasteiger partial charge on any atom is 0.220 e. The Kier molecular flexibility index (Phi) is 2.17. The molecule has 0 saturated carbocycles. The van der Waals surface area contributed by atoms with Gasteiger partial charge >= 0.3 is 0 Å². The van der Waals surface area contributed by atoms with Crippen LogP contribution in [0.3, 0.4) is 0 Å². The van der Waals surface area contributed by atoms with Crippen molar-refractivity contribution >= 4 is 15.7 Å². The van der Waals surface area contributed by atoms with Gasteiger partial charge in [-0.2, -0.15) is 0 Å². The number of amides is 1. The van der Waals surface area contributed by atoms with E-state index >= 15 is 0 Å². The summed E-state index contributed by atoms with van der Waals surface area (Å²) in [5, 5.41) is 2.55. The minimum atomic E-state index is -3.20. The smallest absolute Gasteiger partial charge is 0.220 e. The van der Waals surface area contributed by atoms with E-state index in [2.05, 4.69) is 11.6 Å². The highest BCUT2D eigenvalue weighted by atomic mass is 32.2. The number of sulfone groups is 1. The molecular formula is C6H10NO3S. The van der Waals surface area contributed by atoms with Crippen molar-refractivity contribution in [1.82, 2.24) is 5.32 Å². The molecule has 0 aliphatic carbocycles.